The molecule has 0 atom stereocenters. The summed E-state index contributed by atoms with van der Waals surface area (Å²) in [5.41, 5.74) is 0.603. The molecule has 126 valence electrons. The normalized spacial score (nSPS) is 11.4. The average molecular weight is 357 g/mol. The number of thiazole rings is 1. The number of nitro groups is 1. The number of aromatic nitrogens is 4. The summed E-state index contributed by atoms with van der Waals surface area (Å²) in [6.45, 7) is 0. The predicted molar refractivity (Wildman–Crippen MR) is 93.1 cm³/mol. The number of non-ortho nitro benzene ring substituents is 1. The highest BCUT2D eigenvalue weighted by molar-refractivity contribution is 7.20. The number of hydrogen-bond donors (Lipinski definition) is 0. The molecule has 0 aliphatic heterocycles. The standard InChI is InChI=1S/C15H11N5O4S/c1-17-12-11(13(21)18(2)15(17)22)19-7-10(25-14(19)16-12)8-3-5-9(6-4-8)20(23)24/h3-7H,1-2H3. The Bertz CT molecular complexity index is 1280. The van der Waals surface area contributed by atoms with Crippen LogP contribution in [-0.4, -0.2) is 23.4 Å². The van der Waals surface area contributed by atoms with Crippen molar-refractivity contribution >= 4 is 33.1 Å². The second kappa shape index (κ2) is 5.11. The molecule has 0 unspecified atom stereocenters. The largest absolute Gasteiger partial charge is 0.332 e. The van der Waals surface area contributed by atoms with Crippen molar-refractivity contribution in [3.8, 4) is 10.4 Å². The van der Waals surface area contributed by atoms with E-state index in [-0.39, 0.29) is 5.69 Å². The summed E-state index contributed by atoms with van der Waals surface area (Å²) in [5, 5.41) is 10.8. The van der Waals surface area contributed by atoms with Gasteiger partial charge in [0.15, 0.2) is 16.1 Å². The summed E-state index contributed by atoms with van der Waals surface area (Å²) < 4.78 is 4.03. The first-order valence-corrected chi connectivity index (χ1v) is 8.02. The van der Waals surface area contributed by atoms with Crippen LogP contribution in [0.2, 0.25) is 0 Å². The minimum absolute atomic E-state index is 0.0133. The molecule has 0 N–H and O–H groups in total. The predicted octanol–water partition coefficient (Wildman–Crippen LogP) is 1.52. The molecule has 10 heteroatoms. The van der Waals surface area contributed by atoms with E-state index >= 15 is 0 Å². The lowest BCUT2D eigenvalue weighted by atomic mass is 10.2. The van der Waals surface area contributed by atoms with Crippen LogP contribution >= 0.6 is 11.3 Å². The lowest BCUT2D eigenvalue weighted by Crippen LogP contribution is -2.37. The number of nitro benzene ring substituents is 1. The van der Waals surface area contributed by atoms with Crippen LogP contribution in [0.4, 0.5) is 5.69 Å². The topological polar surface area (TPSA) is 104 Å². The molecule has 9 nitrogen and oxygen atoms in total. The summed E-state index contributed by atoms with van der Waals surface area (Å²) in [6, 6.07) is 6.16. The summed E-state index contributed by atoms with van der Waals surface area (Å²) in [6.07, 6.45) is 1.75. The van der Waals surface area contributed by atoms with Crippen molar-refractivity contribution in [1.29, 1.82) is 0 Å². The van der Waals surface area contributed by atoms with E-state index in [9.17, 15) is 19.7 Å². The van der Waals surface area contributed by atoms with Gasteiger partial charge in [-0.3, -0.25) is 28.4 Å². The maximum absolute atomic E-state index is 12.5. The minimum atomic E-state index is -0.456. The zero-order chi connectivity index (χ0) is 17.9. The van der Waals surface area contributed by atoms with Gasteiger partial charge in [-0.2, -0.15) is 0 Å². The number of imidazole rings is 1. The zero-order valence-electron chi connectivity index (χ0n) is 13.2. The zero-order valence-corrected chi connectivity index (χ0v) is 14.0. The SMILES string of the molecule is Cn1c(=O)c2c(nc3sc(-c4ccc([N+](=O)[O-])cc4)cn32)n(C)c1=O. The van der Waals surface area contributed by atoms with Crippen molar-refractivity contribution < 1.29 is 4.92 Å². The first-order valence-electron chi connectivity index (χ1n) is 7.21. The second-order valence-corrected chi connectivity index (χ2v) is 6.55. The number of nitrogens with zero attached hydrogens (tertiary/aromatic N) is 5. The molecule has 0 radical (unpaired) electrons. The quantitative estimate of drug-likeness (QED) is 0.400. The Morgan fingerprint density at radius 3 is 2.44 bits per heavy atom. The molecule has 3 aromatic heterocycles. The maximum Gasteiger partial charge on any atom is 0.332 e. The Balaban J connectivity index is 1.96. The van der Waals surface area contributed by atoms with Crippen molar-refractivity contribution in [2.75, 3.05) is 0 Å². The first kappa shape index (κ1) is 15.3. The Kier molecular flexibility index (Phi) is 3.12. The number of fused-ring (bicyclic) bond motifs is 3. The highest BCUT2D eigenvalue weighted by Crippen LogP contribution is 2.31. The molecule has 0 amide bonds. The van der Waals surface area contributed by atoms with Crippen LogP contribution in [0.25, 0.3) is 26.6 Å². The smallest absolute Gasteiger partial charge is 0.283 e. The Morgan fingerprint density at radius 1 is 1.12 bits per heavy atom. The molecule has 25 heavy (non-hydrogen) atoms. The van der Waals surface area contributed by atoms with Crippen molar-refractivity contribution in [2.45, 2.75) is 0 Å². The van der Waals surface area contributed by atoms with Crippen LogP contribution in [0.1, 0.15) is 0 Å². The van der Waals surface area contributed by atoms with Gasteiger partial charge in [-0.05, 0) is 17.7 Å². The van der Waals surface area contributed by atoms with Crippen molar-refractivity contribution in [1.82, 2.24) is 18.5 Å². The molecular formula is C15H11N5O4S. The Labute approximate surface area is 143 Å². The van der Waals surface area contributed by atoms with E-state index in [4.69, 9.17) is 0 Å². The second-order valence-electron chi connectivity index (χ2n) is 5.54. The van der Waals surface area contributed by atoms with E-state index in [1.807, 2.05) is 0 Å². The van der Waals surface area contributed by atoms with Crippen molar-refractivity contribution in [3.05, 3.63) is 61.4 Å². The molecule has 0 aliphatic rings. The highest BCUT2D eigenvalue weighted by Gasteiger charge is 2.17. The highest BCUT2D eigenvalue weighted by atomic mass is 32.1. The van der Waals surface area contributed by atoms with Gasteiger partial charge in [0, 0.05) is 32.4 Å². The fourth-order valence-electron chi connectivity index (χ4n) is 2.71. The maximum atomic E-state index is 12.5. The fraction of sp³-hybridized carbons (Fsp3) is 0.133. The molecule has 0 spiro atoms. The number of hydrogen-bond acceptors (Lipinski definition) is 6. The van der Waals surface area contributed by atoms with Gasteiger partial charge in [0.1, 0.15) is 0 Å². The molecule has 0 saturated heterocycles. The van der Waals surface area contributed by atoms with Gasteiger partial charge < -0.3 is 0 Å². The Morgan fingerprint density at radius 2 is 1.80 bits per heavy atom. The van der Waals surface area contributed by atoms with Gasteiger partial charge in [0.25, 0.3) is 11.2 Å². The minimum Gasteiger partial charge on any atom is -0.283 e. The summed E-state index contributed by atoms with van der Waals surface area (Å²) in [4.78, 5) is 40.5. The molecular weight excluding hydrogens is 346 g/mol. The van der Waals surface area contributed by atoms with Gasteiger partial charge in [0.05, 0.1) is 9.80 Å². The Hall–Kier alpha value is -3.27. The van der Waals surface area contributed by atoms with Crippen molar-refractivity contribution in [3.63, 3.8) is 0 Å². The van der Waals surface area contributed by atoms with Crippen LogP contribution in [0.3, 0.4) is 0 Å². The molecule has 4 aromatic rings. The van der Waals surface area contributed by atoms with E-state index in [2.05, 4.69) is 4.98 Å². The number of rotatable bonds is 2. The fourth-order valence-corrected chi connectivity index (χ4v) is 3.69. The van der Waals surface area contributed by atoms with Gasteiger partial charge in [-0.25, -0.2) is 9.78 Å². The van der Waals surface area contributed by atoms with Crippen molar-refractivity contribution in [2.24, 2.45) is 14.1 Å². The molecule has 0 saturated carbocycles. The van der Waals surface area contributed by atoms with Crippen LogP contribution in [0.15, 0.2) is 40.1 Å². The third kappa shape index (κ3) is 2.11. The van der Waals surface area contributed by atoms with E-state index in [0.29, 0.717) is 16.1 Å². The number of aryl methyl sites for hydroxylation is 1. The monoisotopic (exact) mass is 357 g/mol. The summed E-state index contributed by atoms with van der Waals surface area (Å²) in [7, 11) is 2.99. The molecule has 0 fully saturated rings. The number of benzene rings is 1. The van der Waals surface area contributed by atoms with E-state index in [1.54, 1.807) is 29.8 Å². The van der Waals surface area contributed by atoms with Crippen LogP contribution in [-0.2, 0) is 14.1 Å². The third-order valence-electron chi connectivity index (χ3n) is 4.07. The van der Waals surface area contributed by atoms with Gasteiger partial charge >= 0.3 is 5.69 Å². The van der Waals surface area contributed by atoms with E-state index in [1.165, 1.54) is 35.1 Å². The molecule has 4 rings (SSSR count). The third-order valence-corrected chi connectivity index (χ3v) is 5.10. The van der Waals surface area contributed by atoms with Crippen LogP contribution in [0.5, 0.6) is 0 Å². The summed E-state index contributed by atoms with van der Waals surface area (Å²) >= 11 is 1.34. The molecule has 1 aromatic carbocycles. The lowest BCUT2D eigenvalue weighted by Gasteiger charge is -2.02. The van der Waals surface area contributed by atoms with Gasteiger partial charge in [-0.1, -0.05) is 11.3 Å². The van der Waals surface area contributed by atoms with E-state index in [0.717, 1.165) is 15.0 Å². The van der Waals surface area contributed by atoms with E-state index < -0.39 is 16.2 Å². The first-order chi connectivity index (χ1) is 11.9. The van der Waals surface area contributed by atoms with Crippen LogP contribution in [0, 0.1) is 10.1 Å². The van der Waals surface area contributed by atoms with Gasteiger partial charge in [0.2, 0.25) is 0 Å². The molecule has 0 aliphatic carbocycles. The van der Waals surface area contributed by atoms with Crippen LogP contribution < -0.4 is 11.2 Å². The molecule has 0 bridgehead atoms. The summed E-state index contributed by atoms with van der Waals surface area (Å²) in [5.74, 6) is 0. The average Bonchev–Trinajstić information content (AvgIpc) is 3.16. The van der Waals surface area contributed by atoms with Gasteiger partial charge in [-0.15, -0.1) is 0 Å². The lowest BCUT2D eigenvalue weighted by molar-refractivity contribution is -0.384. The molecule has 3 heterocycles.